The van der Waals surface area contributed by atoms with E-state index in [1.54, 1.807) is 0 Å². The summed E-state index contributed by atoms with van der Waals surface area (Å²) < 4.78 is 7.24. The number of ether oxygens (including phenoxy) is 1. The molecule has 0 aliphatic carbocycles. The van der Waals surface area contributed by atoms with Crippen LogP contribution in [0.2, 0.25) is 0 Å². The van der Waals surface area contributed by atoms with E-state index in [1.165, 1.54) is 17.2 Å². The Kier molecular flexibility index (Phi) is 5.56. The van der Waals surface area contributed by atoms with Crippen molar-refractivity contribution < 1.29 is 19.7 Å². The highest BCUT2D eigenvalue weighted by Crippen LogP contribution is 2.31. The van der Waals surface area contributed by atoms with Crippen molar-refractivity contribution in [3.63, 3.8) is 0 Å². The Labute approximate surface area is 155 Å². The molecule has 1 aliphatic rings. The van der Waals surface area contributed by atoms with Gasteiger partial charge in [-0.3, -0.25) is 9.36 Å². The van der Waals surface area contributed by atoms with E-state index >= 15 is 0 Å². The molecule has 3 heterocycles. The number of anilines is 1. The van der Waals surface area contributed by atoms with Crippen molar-refractivity contribution in [3.05, 3.63) is 12.7 Å². The molecule has 1 fully saturated rings. The molecule has 0 spiro atoms. The van der Waals surface area contributed by atoms with Gasteiger partial charge in [-0.15, -0.1) is 0 Å². The standard InChI is InChI=1S/C16H25N7O4/c1-3-7(2)9(17)15(26)19-4-8-11(24)12(25)16(27-8)23-6-22-10-13(18)20-5-21-14(10)23/h5-9,11-12,16,24-25H,3-4,17H2,1-2H3,(H,19,26)(H2,18,20,21)/t7-,8-,9+,11-,12-,16-/m1/s1. The third-order valence-corrected chi connectivity index (χ3v) is 5.04. The van der Waals surface area contributed by atoms with E-state index in [1.807, 2.05) is 13.8 Å². The second-order valence-electron chi connectivity index (χ2n) is 6.79. The number of hydrogen-bond acceptors (Lipinski definition) is 9. The van der Waals surface area contributed by atoms with E-state index in [4.69, 9.17) is 16.2 Å². The van der Waals surface area contributed by atoms with Gasteiger partial charge in [0, 0.05) is 6.54 Å². The van der Waals surface area contributed by atoms with Crippen LogP contribution in [0.3, 0.4) is 0 Å². The summed E-state index contributed by atoms with van der Waals surface area (Å²) in [6.07, 6.45) is -0.705. The number of aliphatic hydroxyl groups excluding tert-OH is 2. The van der Waals surface area contributed by atoms with E-state index in [0.29, 0.717) is 11.2 Å². The first-order valence-electron chi connectivity index (χ1n) is 8.83. The Morgan fingerprint density at radius 3 is 2.81 bits per heavy atom. The number of nitrogens with one attached hydrogen (secondary N) is 1. The van der Waals surface area contributed by atoms with Gasteiger partial charge in [-0.05, 0) is 5.92 Å². The molecule has 1 saturated heterocycles. The highest BCUT2D eigenvalue weighted by atomic mass is 16.6. The van der Waals surface area contributed by atoms with E-state index in [9.17, 15) is 15.0 Å². The first kappa shape index (κ1) is 19.4. The number of fused-ring (bicyclic) bond motifs is 1. The van der Waals surface area contributed by atoms with Crippen LogP contribution in [-0.2, 0) is 9.53 Å². The molecule has 0 unspecified atom stereocenters. The average molecular weight is 379 g/mol. The van der Waals surface area contributed by atoms with Gasteiger partial charge in [0.25, 0.3) is 0 Å². The summed E-state index contributed by atoms with van der Waals surface area (Å²) in [5, 5.41) is 23.4. The van der Waals surface area contributed by atoms with E-state index in [2.05, 4.69) is 20.3 Å². The molecule has 0 aromatic carbocycles. The Morgan fingerprint density at radius 2 is 2.11 bits per heavy atom. The molecular weight excluding hydrogens is 354 g/mol. The molecule has 148 valence electrons. The number of nitrogens with two attached hydrogens (primary N) is 2. The molecule has 0 saturated carbocycles. The number of nitrogen functional groups attached to an aromatic ring is 1. The lowest BCUT2D eigenvalue weighted by atomic mass is 9.99. The lowest BCUT2D eigenvalue weighted by molar-refractivity contribution is -0.124. The fraction of sp³-hybridized carbons (Fsp3) is 0.625. The second-order valence-corrected chi connectivity index (χ2v) is 6.79. The van der Waals surface area contributed by atoms with Crippen LogP contribution in [0, 0.1) is 5.92 Å². The van der Waals surface area contributed by atoms with Crippen molar-refractivity contribution in [2.45, 2.75) is 50.8 Å². The molecule has 2 aromatic rings. The third-order valence-electron chi connectivity index (χ3n) is 5.04. The van der Waals surface area contributed by atoms with Crippen LogP contribution < -0.4 is 16.8 Å². The zero-order valence-corrected chi connectivity index (χ0v) is 15.2. The lowest BCUT2D eigenvalue weighted by Crippen LogP contribution is -2.48. The van der Waals surface area contributed by atoms with Gasteiger partial charge >= 0.3 is 0 Å². The molecule has 3 rings (SSSR count). The van der Waals surface area contributed by atoms with Crippen LogP contribution in [0.25, 0.3) is 11.2 Å². The molecule has 2 aromatic heterocycles. The number of carbonyl (C=O) groups is 1. The number of aromatic nitrogens is 4. The van der Waals surface area contributed by atoms with Gasteiger partial charge in [-0.25, -0.2) is 15.0 Å². The van der Waals surface area contributed by atoms with E-state index in [-0.39, 0.29) is 24.2 Å². The first-order chi connectivity index (χ1) is 12.8. The maximum atomic E-state index is 12.1. The van der Waals surface area contributed by atoms with Crippen molar-refractivity contribution in [2.24, 2.45) is 11.7 Å². The van der Waals surface area contributed by atoms with E-state index < -0.39 is 30.6 Å². The van der Waals surface area contributed by atoms with Gasteiger partial charge in [0.15, 0.2) is 17.7 Å². The third kappa shape index (κ3) is 3.58. The Hall–Kier alpha value is -2.34. The molecule has 7 N–H and O–H groups in total. The molecule has 1 aliphatic heterocycles. The summed E-state index contributed by atoms with van der Waals surface area (Å²) in [5.41, 5.74) is 12.4. The van der Waals surface area contributed by atoms with Crippen LogP contribution in [0.15, 0.2) is 12.7 Å². The smallest absolute Gasteiger partial charge is 0.237 e. The van der Waals surface area contributed by atoms with Crippen molar-refractivity contribution in [1.29, 1.82) is 0 Å². The molecule has 27 heavy (non-hydrogen) atoms. The first-order valence-corrected chi connectivity index (χ1v) is 8.83. The number of amides is 1. The molecule has 0 bridgehead atoms. The zero-order chi connectivity index (χ0) is 19.7. The SMILES string of the molecule is CC[C@@H](C)[C@H](N)C(=O)NC[C@H]1O[C@@H](n2cnc3c(N)ncnc32)[C@H](O)[C@@H]1O. The lowest BCUT2D eigenvalue weighted by Gasteiger charge is -2.20. The molecule has 6 atom stereocenters. The zero-order valence-electron chi connectivity index (χ0n) is 15.2. The molecule has 0 radical (unpaired) electrons. The number of hydrogen-bond donors (Lipinski definition) is 5. The average Bonchev–Trinajstić information content (AvgIpc) is 3.21. The summed E-state index contributed by atoms with van der Waals surface area (Å²) in [6, 6.07) is -0.647. The van der Waals surface area contributed by atoms with Crippen LogP contribution in [0.1, 0.15) is 26.5 Å². The maximum Gasteiger partial charge on any atom is 0.237 e. The number of carbonyl (C=O) groups excluding carboxylic acids is 1. The van der Waals surface area contributed by atoms with Crippen LogP contribution >= 0.6 is 0 Å². The Morgan fingerprint density at radius 1 is 1.37 bits per heavy atom. The summed E-state index contributed by atoms with van der Waals surface area (Å²) in [7, 11) is 0. The van der Waals surface area contributed by atoms with Gasteiger partial charge < -0.3 is 31.7 Å². The quantitative estimate of drug-likeness (QED) is 0.401. The number of imidazole rings is 1. The minimum atomic E-state index is -1.23. The monoisotopic (exact) mass is 379 g/mol. The molecule has 11 heteroatoms. The predicted molar refractivity (Wildman–Crippen MR) is 96.1 cm³/mol. The fourth-order valence-electron chi connectivity index (χ4n) is 3.02. The van der Waals surface area contributed by atoms with Crippen molar-refractivity contribution in [2.75, 3.05) is 12.3 Å². The van der Waals surface area contributed by atoms with Crippen LogP contribution in [-0.4, -0.2) is 66.5 Å². The number of rotatable bonds is 6. The number of nitrogens with zero attached hydrogens (tertiary/aromatic N) is 4. The number of aliphatic hydroxyl groups is 2. The minimum absolute atomic E-state index is 0.0153. The van der Waals surface area contributed by atoms with Gasteiger partial charge in [0.1, 0.15) is 30.2 Å². The second kappa shape index (κ2) is 7.72. The van der Waals surface area contributed by atoms with Crippen LogP contribution in [0.5, 0.6) is 0 Å². The van der Waals surface area contributed by atoms with Gasteiger partial charge in [-0.2, -0.15) is 0 Å². The van der Waals surface area contributed by atoms with Gasteiger partial charge in [0.2, 0.25) is 5.91 Å². The van der Waals surface area contributed by atoms with Crippen molar-refractivity contribution >= 4 is 22.9 Å². The largest absolute Gasteiger partial charge is 0.387 e. The molecule has 1 amide bonds. The fourth-order valence-corrected chi connectivity index (χ4v) is 3.02. The highest BCUT2D eigenvalue weighted by Gasteiger charge is 2.44. The predicted octanol–water partition coefficient (Wildman–Crippen LogP) is -1.48. The van der Waals surface area contributed by atoms with Crippen LogP contribution in [0.4, 0.5) is 5.82 Å². The normalized spacial score (nSPS) is 27.6. The van der Waals surface area contributed by atoms with Crippen molar-refractivity contribution in [1.82, 2.24) is 24.8 Å². The molecular formula is C16H25N7O4. The Balaban J connectivity index is 1.70. The molecule has 11 nitrogen and oxygen atoms in total. The summed E-state index contributed by atoms with van der Waals surface area (Å²) in [6.45, 7) is 3.86. The van der Waals surface area contributed by atoms with Gasteiger partial charge in [0.05, 0.1) is 12.4 Å². The summed E-state index contributed by atoms with van der Waals surface area (Å²) in [4.78, 5) is 24.2. The highest BCUT2D eigenvalue weighted by molar-refractivity contribution is 5.82. The van der Waals surface area contributed by atoms with E-state index in [0.717, 1.165) is 6.42 Å². The topological polar surface area (TPSA) is 174 Å². The summed E-state index contributed by atoms with van der Waals surface area (Å²) in [5.74, 6) is -0.0958. The van der Waals surface area contributed by atoms with Crippen molar-refractivity contribution in [3.8, 4) is 0 Å². The Bertz CT molecular complexity index is 813. The van der Waals surface area contributed by atoms with Gasteiger partial charge in [-0.1, -0.05) is 20.3 Å². The minimum Gasteiger partial charge on any atom is -0.387 e. The summed E-state index contributed by atoms with van der Waals surface area (Å²) >= 11 is 0. The maximum absolute atomic E-state index is 12.1.